The molecule has 0 spiro atoms. The minimum atomic E-state index is -1.16. The average molecular weight is 400 g/mol. The van der Waals surface area contributed by atoms with Crippen molar-refractivity contribution in [1.29, 1.82) is 0 Å². The first kappa shape index (κ1) is 20.1. The van der Waals surface area contributed by atoms with E-state index in [1.807, 2.05) is 35.7 Å². The average Bonchev–Trinajstić information content (AvgIpc) is 3.26. The summed E-state index contributed by atoms with van der Waals surface area (Å²) in [6.45, 7) is 5.55. The lowest BCUT2D eigenvalue weighted by molar-refractivity contribution is -0.135. The Hall–Kier alpha value is -2.67. The van der Waals surface area contributed by atoms with Gasteiger partial charge in [0.25, 0.3) is 5.91 Å². The van der Waals surface area contributed by atoms with Gasteiger partial charge in [0.2, 0.25) is 5.91 Å². The van der Waals surface area contributed by atoms with Crippen molar-refractivity contribution in [2.45, 2.75) is 38.8 Å². The van der Waals surface area contributed by atoms with E-state index in [1.54, 1.807) is 30.4 Å². The molecule has 1 aromatic heterocycles. The molecule has 2 unspecified atom stereocenters. The number of carbonyl (C=O) groups excluding carboxylic acids is 3. The first-order valence-corrected chi connectivity index (χ1v) is 10.2. The maximum absolute atomic E-state index is 12.9. The second-order valence-corrected chi connectivity index (χ2v) is 8.56. The predicted molar refractivity (Wildman–Crippen MR) is 109 cm³/mol. The SMILES string of the molecule is CC(C)CC(NC(=O)CN1C(=O)NC(C)(c2ccccc2)C1=O)c1cccs1. The highest BCUT2D eigenvalue weighted by molar-refractivity contribution is 7.10. The molecule has 2 heterocycles. The molecule has 1 saturated heterocycles. The first-order valence-electron chi connectivity index (χ1n) is 9.33. The third kappa shape index (κ3) is 4.09. The van der Waals surface area contributed by atoms with E-state index < -0.39 is 17.5 Å². The summed E-state index contributed by atoms with van der Waals surface area (Å²) in [7, 11) is 0. The van der Waals surface area contributed by atoms with Gasteiger partial charge in [-0.25, -0.2) is 4.79 Å². The number of benzene rings is 1. The standard InChI is InChI=1S/C21H25N3O3S/c1-14(2)12-16(17-10-7-11-28-17)22-18(25)13-24-19(26)21(3,23-20(24)27)15-8-5-4-6-9-15/h4-11,14,16H,12-13H2,1-3H3,(H,22,25)(H,23,27). The van der Waals surface area contributed by atoms with Crippen molar-refractivity contribution in [2.24, 2.45) is 5.92 Å². The van der Waals surface area contributed by atoms with Crippen molar-refractivity contribution in [3.8, 4) is 0 Å². The van der Waals surface area contributed by atoms with Crippen LogP contribution in [0.5, 0.6) is 0 Å². The summed E-state index contributed by atoms with van der Waals surface area (Å²) in [6.07, 6.45) is 0.786. The number of amides is 4. The van der Waals surface area contributed by atoms with Crippen molar-refractivity contribution in [2.75, 3.05) is 6.54 Å². The van der Waals surface area contributed by atoms with E-state index in [0.29, 0.717) is 11.5 Å². The number of thiophene rings is 1. The summed E-state index contributed by atoms with van der Waals surface area (Å²) in [5.74, 6) is -0.374. The highest BCUT2D eigenvalue weighted by Crippen LogP contribution is 2.29. The Balaban J connectivity index is 1.71. The van der Waals surface area contributed by atoms with Gasteiger partial charge in [-0.1, -0.05) is 50.2 Å². The van der Waals surface area contributed by atoms with Crippen LogP contribution in [0.2, 0.25) is 0 Å². The molecule has 28 heavy (non-hydrogen) atoms. The van der Waals surface area contributed by atoms with Crippen LogP contribution in [0.1, 0.15) is 43.7 Å². The Bertz CT molecular complexity index is 851. The van der Waals surface area contributed by atoms with Crippen LogP contribution < -0.4 is 10.6 Å². The third-order valence-electron chi connectivity index (χ3n) is 4.86. The molecule has 1 aromatic carbocycles. The molecule has 0 bridgehead atoms. The van der Waals surface area contributed by atoms with E-state index in [-0.39, 0.29) is 18.5 Å². The number of carbonyl (C=O) groups is 3. The van der Waals surface area contributed by atoms with Crippen molar-refractivity contribution >= 4 is 29.2 Å². The lowest BCUT2D eigenvalue weighted by atomic mass is 9.92. The quantitative estimate of drug-likeness (QED) is 0.700. The predicted octanol–water partition coefficient (Wildman–Crippen LogP) is 3.42. The van der Waals surface area contributed by atoms with Crippen LogP contribution in [0.15, 0.2) is 47.8 Å². The fourth-order valence-corrected chi connectivity index (χ4v) is 4.19. The molecule has 3 rings (SSSR count). The number of urea groups is 1. The number of imide groups is 1. The second kappa shape index (κ2) is 8.14. The Labute approximate surface area is 168 Å². The highest BCUT2D eigenvalue weighted by atomic mass is 32.1. The van der Waals surface area contributed by atoms with Crippen LogP contribution in [0, 0.1) is 5.92 Å². The molecule has 0 saturated carbocycles. The smallest absolute Gasteiger partial charge is 0.325 e. The molecule has 1 aliphatic rings. The molecular weight excluding hydrogens is 374 g/mol. The third-order valence-corrected chi connectivity index (χ3v) is 5.84. The van der Waals surface area contributed by atoms with Crippen molar-refractivity contribution in [1.82, 2.24) is 15.5 Å². The lowest BCUT2D eigenvalue weighted by Crippen LogP contribution is -2.44. The number of nitrogens with one attached hydrogen (secondary N) is 2. The van der Waals surface area contributed by atoms with Crippen LogP contribution >= 0.6 is 11.3 Å². The van der Waals surface area contributed by atoms with Gasteiger partial charge in [-0.15, -0.1) is 11.3 Å². The number of nitrogens with zero attached hydrogens (tertiary/aromatic N) is 1. The Morgan fingerprint density at radius 1 is 1.18 bits per heavy atom. The van der Waals surface area contributed by atoms with Gasteiger partial charge >= 0.3 is 6.03 Å². The minimum absolute atomic E-state index is 0.131. The summed E-state index contributed by atoms with van der Waals surface area (Å²) in [5, 5.41) is 7.68. The molecule has 2 N–H and O–H groups in total. The van der Waals surface area contributed by atoms with Gasteiger partial charge in [-0.3, -0.25) is 14.5 Å². The van der Waals surface area contributed by atoms with E-state index >= 15 is 0 Å². The largest absolute Gasteiger partial charge is 0.347 e. The van der Waals surface area contributed by atoms with E-state index in [0.717, 1.165) is 16.2 Å². The normalized spacial score (nSPS) is 20.4. The van der Waals surface area contributed by atoms with E-state index in [4.69, 9.17) is 0 Å². The van der Waals surface area contributed by atoms with Gasteiger partial charge < -0.3 is 10.6 Å². The summed E-state index contributed by atoms with van der Waals surface area (Å²) in [6, 6.07) is 12.3. The molecule has 6 nitrogen and oxygen atoms in total. The topological polar surface area (TPSA) is 78.5 Å². The maximum Gasteiger partial charge on any atom is 0.325 e. The Kier molecular flexibility index (Phi) is 5.84. The lowest BCUT2D eigenvalue weighted by Gasteiger charge is -2.23. The van der Waals surface area contributed by atoms with Gasteiger partial charge in [0.05, 0.1) is 6.04 Å². The molecule has 2 aromatic rings. The van der Waals surface area contributed by atoms with Crippen LogP contribution in [0.3, 0.4) is 0 Å². The Morgan fingerprint density at radius 3 is 2.50 bits per heavy atom. The monoisotopic (exact) mass is 399 g/mol. The van der Waals surface area contributed by atoms with Crippen LogP contribution in [-0.4, -0.2) is 29.3 Å². The fourth-order valence-electron chi connectivity index (χ4n) is 3.40. The zero-order valence-electron chi connectivity index (χ0n) is 16.3. The molecule has 148 valence electrons. The minimum Gasteiger partial charge on any atom is -0.347 e. The summed E-state index contributed by atoms with van der Waals surface area (Å²) in [4.78, 5) is 40.0. The second-order valence-electron chi connectivity index (χ2n) is 7.58. The zero-order chi connectivity index (χ0) is 20.3. The van der Waals surface area contributed by atoms with Gasteiger partial charge in [0.15, 0.2) is 0 Å². The molecule has 7 heteroatoms. The van der Waals surface area contributed by atoms with E-state index in [1.165, 1.54) is 0 Å². The zero-order valence-corrected chi connectivity index (χ0v) is 17.1. The molecule has 0 radical (unpaired) electrons. The fraction of sp³-hybridized carbons (Fsp3) is 0.381. The summed E-state index contributed by atoms with van der Waals surface area (Å²) in [5.41, 5.74) is -0.475. The van der Waals surface area contributed by atoms with E-state index in [2.05, 4.69) is 24.5 Å². The van der Waals surface area contributed by atoms with Crippen LogP contribution in [-0.2, 0) is 15.1 Å². The van der Waals surface area contributed by atoms with Crippen molar-refractivity contribution in [3.63, 3.8) is 0 Å². The Morgan fingerprint density at radius 2 is 1.89 bits per heavy atom. The van der Waals surface area contributed by atoms with Gasteiger partial charge in [-0.2, -0.15) is 0 Å². The van der Waals surface area contributed by atoms with Crippen molar-refractivity contribution in [3.05, 3.63) is 58.3 Å². The maximum atomic E-state index is 12.9. The summed E-state index contributed by atoms with van der Waals surface area (Å²) >= 11 is 1.58. The van der Waals surface area contributed by atoms with E-state index in [9.17, 15) is 14.4 Å². The molecule has 1 aliphatic heterocycles. The summed E-state index contributed by atoms with van der Waals surface area (Å²) < 4.78 is 0. The number of hydrogen-bond acceptors (Lipinski definition) is 4. The van der Waals surface area contributed by atoms with Crippen LogP contribution in [0.25, 0.3) is 0 Å². The number of hydrogen-bond donors (Lipinski definition) is 2. The van der Waals surface area contributed by atoms with Crippen molar-refractivity contribution < 1.29 is 14.4 Å². The first-order chi connectivity index (χ1) is 13.3. The molecule has 2 atom stereocenters. The molecule has 4 amide bonds. The molecule has 0 aliphatic carbocycles. The molecule has 1 fully saturated rings. The number of rotatable bonds is 7. The van der Waals surface area contributed by atoms with Gasteiger partial charge in [-0.05, 0) is 36.3 Å². The van der Waals surface area contributed by atoms with Crippen LogP contribution in [0.4, 0.5) is 4.79 Å². The van der Waals surface area contributed by atoms with Gasteiger partial charge in [0.1, 0.15) is 12.1 Å². The highest BCUT2D eigenvalue weighted by Gasteiger charge is 2.49. The molecular formula is C21H25N3O3S. The van der Waals surface area contributed by atoms with Gasteiger partial charge in [0, 0.05) is 4.88 Å².